The van der Waals surface area contributed by atoms with Gasteiger partial charge in [0, 0.05) is 18.7 Å². The Kier molecular flexibility index (Phi) is 3.57. The van der Waals surface area contributed by atoms with Gasteiger partial charge in [0.2, 0.25) is 0 Å². The van der Waals surface area contributed by atoms with Gasteiger partial charge in [-0.1, -0.05) is 12.1 Å². The van der Waals surface area contributed by atoms with Crippen LogP contribution in [-0.2, 0) is 0 Å². The summed E-state index contributed by atoms with van der Waals surface area (Å²) in [7, 11) is 0. The Balaban J connectivity index is 2.25. The van der Waals surface area contributed by atoms with E-state index in [-0.39, 0.29) is 23.2 Å². The van der Waals surface area contributed by atoms with Gasteiger partial charge in [-0.05, 0) is 25.5 Å². The minimum atomic E-state index is -0.519. The Labute approximate surface area is 105 Å². The van der Waals surface area contributed by atoms with Crippen LogP contribution in [0.3, 0.4) is 0 Å². The average Bonchev–Trinajstić information content (AvgIpc) is 2.81. The summed E-state index contributed by atoms with van der Waals surface area (Å²) in [5.74, 6) is -0.367. The summed E-state index contributed by atoms with van der Waals surface area (Å²) in [5, 5.41) is 16.9. The van der Waals surface area contributed by atoms with Gasteiger partial charge in [0.15, 0.2) is 0 Å². The first kappa shape index (κ1) is 12.5. The highest BCUT2D eigenvalue weighted by molar-refractivity contribution is 5.99. The van der Waals surface area contributed by atoms with Gasteiger partial charge >= 0.3 is 0 Å². The second kappa shape index (κ2) is 5.14. The summed E-state index contributed by atoms with van der Waals surface area (Å²) in [5.41, 5.74) is 0.639. The lowest BCUT2D eigenvalue weighted by atomic mass is 10.1. The van der Waals surface area contributed by atoms with Crippen LogP contribution in [0.4, 0.5) is 5.69 Å². The van der Waals surface area contributed by atoms with Gasteiger partial charge in [0.05, 0.1) is 4.92 Å². The van der Waals surface area contributed by atoms with Crippen molar-refractivity contribution in [3.63, 3.8) is 0 Å². The highest BCUT2D eigenvalue weighted by Crippen LogP contribution is 2.21. The number of hydrogen-bond donors (Lipinski definition) is 2. The largest absolute Gasteiger partial charge is 0.348 e. The van der Waals surface area contributed by atoms with Crippen molar-refractivity contribution in [1.82, 2.24) is 10.6 Å². The summed E-state index contributed by atoms with van der Waals surface area (Å²) in [4.78, 5) is 22.5. The molecule has 1 saturated heterocycles. The van der Waals surface area contributed by atoms with Crippen molar-refractivity contribution in [3.8, 4) is 0 Å². The molecule has 0 aliphatic carbocycles. The summed E-state index contributed by atoms with van der Waals surface area (Å²) >= 11 is 0. The number of carbonyl (C=O) groups is 1. The van der Waals surface area contributed by atoms with Crippen LogP contribution in [0.15, 0.2) is 18.2 Å². The van der Waals surface area contributed by atoms with E-state index in [1.807, 2.05) is 0 Å². The topological polar surface area (TPSA) is 84.3 Å². The molecule has 0 bridgehead atoms. The van der Waals surface area contributed by atoms with Crippen molar-refractivity contribution in [1.29, 1.82) is 0 Å². The SMILES string of the molecule is Cc1cccc([N+](=O)[O-])c1C(=O)N[C@H]1CCNC1. The van der Waals surface area contributed by atoms with Gasteiger partial charge in [-0.3, -0.25) is 14.9 Å². The van der Waals surface area contributed by atoms with E-state index in [4.69, 9.17) is 0 Å². The van der Waals surface area contributed by atoms with Crippen molar-refractivity contribution in [2.45, 2.75) is 19.4 Å². The molecule has 96 valence electrons. The van der Waals surface area contributed by atoms with E-state index in [9.17, 15) is 14.9 Å². The zero-order valence-corrected chi connectivity index (χ0v) is 10.1. The molecule has 1 aromatic carbocycles. The first-order valence-corrected chi connectivity index (χ1v) is 5.85. The number of rotatable bonds is 3. The van der Waals surface area contributed by atoms with E-state index in [0.29, 0.717) is 12.1 Å². The van der Waals surface area contributed by atoms with Crippen molar-refractivity contribution >= 4 is 11.6 Å². The second-order valence-corrected chi connectivity index (χ2v) is 4.39. The number of carbonyl (C=O) groups excluding carboxylic acids is 1. The van der Waals surface area contributed by atoms with Crippen molar-refractivity contribution in [2.75, 3.05) is 13.1 Å². The summed E-state index contributed by atoms with van der Waals surface area (Å²) in [6.45, 7) is 3.28. The number of nitrogens with one attached hydrogen (secondary N) is 2. The number of nitro groups is 1. The lowest BCUT2D eigenvalue weighted by molar-refractivity contribution is -0.385. The van der Waals surface area contributed by atoms with E-state index in [2.05, 4.69) is 10.6 Å². The molecule has 1 aliphatic rings. The van der Waals surface area contributed by atoms with Crippen LogP contribution in [0, 0.1) is 17.0 Å². The maximum atomic E-state index is 12.1. The highest BCUT2D eigenvalue weighted by atomic mass is 16.6. The van der Waals surface area contributed by atoms with E-state index in [0.717, 1.165) is 13.0 Å². The lowest BCUT2D eigenvalue weighted by Gasteiger charge is -2.12. The summed E-state index contributed by atoms with van der Waals surface area (Å²) in [6.07, 6.45) is 0.853. The molecule has 1 aromatic rings. The Bertz CT molecular complexity index is 481. The lowest BCUT2D eigenvalue weighted by Crippen LogP contribution is -2.36. The number of amides is 1. The molecule has 0 radical (unpaired) electrons. The third kappa shape index (κ3) is 2.48. The zero-order chi connectivity index (χ0) is 13.1. The number of aryl methyl sites for hydroxylation is 1. The van der Waals surface area contributed by atoms with E-state index in [1.165, 1.54) is 6.07 Å². The minimum Gasteiger partial charge on any atom is -0.348 e. The van der Waals surface area contributed by atoms with Gasteiger partial charge in [-0.15, -0.1) is 0 Å². The maximum absolute atomic E-state index is 12.1. The van der Waals surface area contributed by atoms with E-state index < -0.39 is 4.92 Å². The normalized spacial score (nSPS) is 18.6. The van der Waals surface area contributed by atoms with Crippen LogP contribution < -0.4 is 10.6 Å². The molecule has 2 N–H and O–H groups in total. The van der Waals surface area contributed by atoms with Crippen LogP contribution >= 0.6 is 0 Å². The smallest absolute Gasteiger partial charge is 0.282 e. The van der Waals surface area contributed by atoms with Crippen molar-refractivity contribution in [3.05, 3.63) is 39.4 Å². The molecule has 0 spiro atoms. The fourth-order valence-electron chi connectivity index (χ4n) is 2.14. The van der Waals surface area contributed by atoms with Gasteiger partial charge in [0.1, 0.15) is 5.56 Å². The highest BCUT2D eigenvalue weighted by Gasteiger charge is 2.25. The van der Waals surface area contributed by atoms with Crippen LogP contribution in [-0.4, -0.2) is 30.0 Å². The molecule has 6 nitrogen and oxygen atoms in total. The summed E-state index contributed by atoms with van der Waals surface area (Å²) in [6, 6.07) is 4.70. The fraction of sp³-hybridized carbons (Fsp3) is 0.417. The molecule has 1 heterocycles. The Morgan fingerprint density at radius 1 is 1.56 bits per heavy atom. The molecule has 2 rings (SSSR count). The molecule has 1 atom stereocenters. The van der Waals surface area contributed by atoms with Crippen molar-refractivity contribution < 1.29 is 9.72 Å². The molecular weight excluding hydrogens is 234 g/mol. The van der Waals surface area contributed by atoms with Crippen LogP contribution in [0.5, 0.6) is 0 Å². The fourth-order valence-corrected chi connectivity index (χ4v) is 2.14. The van der Waals surface area contributed by atoms with E-state index >= 15 is 0 Å². The van der Waals surface area contributed by atoms with E-state index in [1.54, 1.807) is 19.1 Å². The third-order valence-corrected chi connectivity index (χ3v) is 3.07. The van der Waals surface area contributed by atoms with Crippen molar-refractivity contribution in [2.24, 2.45) is 0 Å². The standard InChI is InChI=1S/C12H15N3O3/c1-8-3-2-4-10(15(17)18)11(8)12(16)14-9-5-6-13-7-9/h2-4,9,13H,5-7H2,1H3,(H,14,16)/t9-/m0/s1. The molecule has 6 heteroatoms. The Morgan fingerprint density at radius 2 is 2.33 bits per heavy atom. The molecule has 1 amide bonds. The van der Waals surface area contributed by atoms with Gasteiger partial charge in [-0.25, -0.2) is 0 Å². The van der Waals surface area contributed by atoms with Crippen LogP contribution in [0.25, 0.3) is 0 Å². The van der Waals surface area contributed by atoms with Gasteiger partial charge in [-0.2, -0.15) is 0 Å². The molecule has 1 fully saturated rings. The maximum Gasteiger partial charge on any atom is 0.282 e. The molecule has 18 heavy (non-hydrogen) atoms. The predicted octanol–water partition coefficient (Wildman–Crippen LogP) is 0.995. The van der Waals surface area contributed by atoms with Gasteiger partial charge < -0.3 is 10.6 Å². The first-order chi connectivity index (χ1) is 8.59. The first-order valence-electron chi connectivity index (χ1n) is 5.85. The second-order valence-electron chi connectivity index (χ2n) is 4.39. The molecule has 0 aromatic heterocycles. The number of nitro benzene ring substituents is 1. The summed E-state index contributed by atoms with van der Waals surface area (Å²) < 4.78 is 0. The quantitative estimate of drug-likeness (QED) is 0.618. The Hall–Kier alpha value is -1.95. The minimum absolute atomic E-state index is 0.0525. The molecule has 0 unspecified atom stereocenters. The predicted molar refractivity (Wildman–Crippen MR) is 66.6 cm³/mol. The number of nitrogens with zero attached hydrogens (tertiary/aromatic N) is 1. The monoisotopic (exact) mass is 249 g/mol. The zero-order valence-electron chi connectivity index (χ0n) is 10.1. The average molecular weight is 249 g/mol. The molecule has 0 saturated carbocycles. The van der Waals surface area contributed by atoms with Crippen LogP contribution in [0.2, 0.25) is 0 Å². The van der Waals surface area contributed by atoms with Crippen LogP contribution in [0.1, 0.15) is 22.3 Å². The third-order valence-electron chi connectivity index (χ3n) is 3.07. The molecule has 1 aliphatic heterocycles. The molecular formula is C12H15N3O3. The van der Waals surface area contributed by atoms with Gasteiger partial charge in [0.25, 0.3) is 11.6 Å². The number of benzene rings is 1. The Morgan fingerprint density at radius 3 is 2.94 bits per heavy atom. The number of hydrogen-bond acceptors (Lipinski definition) is 4.